The van der Waals surface area contributed by atoms with Crippen LogP contribution in [0.1, 0.15) is 16.8 Å². The van der Waals surface area contributed by atoms with E-state index in [1.165, 1.54) is 7.11 Å². The van der Waals surface area contributed by atoms with Crippen molar-refractivity contribution in [2.75, 3.05) is 25.3 Å². The number of methoxy groups -OCH3 is 1. The number of esters is 1. The highest BCUT2D eigenvalue weighted by Crippen LogP contribution is 2.22. The van der Waals surface area contributed by atoms with Gasteiger partial charge < -0.3 is 15.2 Å². The van der Waals surface area contributed by atoms with Crippen LogP contribution in [0.5, 0.6) is 5.75 Å². The molecule has 0 aromatic heterocycles. The van der Waals surface area contributed by atoms with E-state index in [0.29, 0.717) is 35.9 Å². The number of nitrogen functional groups attached to an aromatic ring is 1. The Morgan fingerprint density at radius 1 is 1.50 bits per heavy atom. The van der Waals surface area contributed by atoms with Crippen molar-refractivity contribution in [2.45, 2.75) is 6.42 Å². The number of benzene rings is 1. The number of nitrogens with two attached hydrogens (primary N) is 1. The second-order valence-corrected chi connectivity index (χ2v) is 3.52. The molecule has 0 aliphatic carbocycles. The van der Waals surface area contributed by atoms with E-state index in [4.69, 9.17) is 22.1 Å². The predicted octanol–water partition coefficient (Wildman–Crippen LogP) is 2.06. The molecule has 0 unspecified atom stereocenters. The fourth-order valence-electron chi connectivity index (χ4n) is 1.17. The second kappa shape index (κ2) is 6.23. The first-order valence-corrected chi connectivity index (χ1v) is 5.39. The highest BCUT2D eigenvalue weighted by molar-refractivity contribution is 6.17. The molecule has 0 radical (unpaired) electrons. The van der Waals surface area contributed by atoms with Gasteiger partial charge in [0, 0.05) is 17.6 Å². The summed E-state index contributed by atoms with van der Waals surface area (Å²) >= 11 is 5.53. The normalized spacial score (nSPS) is 9.88. The Hall–Kier alpha value is -1.42. The zero-order valence-electron chi connectivity index (χ0n) is 9.03. The highest BCUT2D eigenvalue weighted by atomic mass is 35.5. The molecule has 0 heterocycles. The van der Waals surface area contributed by atoms with E-state index in [1.54, 1.807) is 18.2 Å². The van der Waals surface area contributed by atoms with Crippen LogP contribution in [0, 0.1) is 0 Å². The highest BCUT2D eigenvalue weighted by Gasteiger charge is 2.12. The summed E-state index contributed by atoms with van der Waals surface area (Å²) < 4.78 is 10.1. The summed E-state index contributed by atoms with van der Waals surface area (Å²) in [5.41, 5.74) is 6.52. The Balaban J connectivity index is 2.85. The van der Waals surface area contributed by atoms with Crippen molar-refractivity contribution in [1.29, 1.82) is 0 Å². The Kier molecular flexibility index (Phi) is 4.92. The maximum Gasteiger partial charge on any atom is 0.341 e. The molecule has 0 amide bonds. The molecule has 88 valence electrons. The SMILES string of the molecule is COC(=O)c1ccc(N)cc1OCCCCl. The molecule has 1 rings (SSSR count). The van der Waals surface area contributed by atoms with Gasteiger partial charge in [-0.25, -0.2) is 4.79 Å². The van der Waals surface area contributed by atoms with E-state index in [2.05, 4.69) is 4.74 Å². The first kappa shape index (κ1) is 12.6. The summed E-state index contributed by atoms with van der Waals surface area (Å²) in [7, 11) is 1.32. The van der Waals surface area contributed by atoms with E-state index in [9.17, 15) is 4.79 Å². The topological polar surface area (TPSA) is 61.5 Å². The molecule has 0 saturated heterocycles. The number of anilines is 1. The minimum Gasteiger partial charge on any atom is -0.493 e. The third-order valence-corrected chi connectivity index (χ3v) is 2.21. The molecule has 0 spiro atoms. The summed E-state index contributed by atoms with van der Waals surface area (Å²) in [5.74, 6) is 0.494. The predicted molar refractivity (Wildman–Crippen MR) is 63.0 cm³/mol. The maximum absolute atomic E-state index is 11.4. The summed E-state index contributed by atoms with van der Waals surface area (Å²) in [4.78, 5) is 11.4. The second-order valence-electron chi connectivity index (χ2n) is 3.14. The summed E-state index contributed by atoms with van der Waals surface area (Å²) in [6, 6.07) is 4.80. The smallest absolute Gasteiger partial charge is 0.341 e. The summed E-state index contributed by atoms with van der Waals surface area (Å²) in [5, 5.41) is 0. The molecule has 0 aliphatic heterocycles. The molecule has 4 nitrogen and oxygen atoms in total. The molecule has 0 fully saturated rings. The van der Waals surface area contributed by atoms with Gasteiger partial charge in [-0.1, -0.05) is 0 Å². The van der Waals surface area contributed by atoms with Crippen molar-refractivity contribution in [3.05, 3.63) is 23.8 Å². The first-order valence-electron chi connectivity index (χ1n) is 4.85. The largest absolute Gasteiger partial charge is 0.493 e. The number of alkyl halides is 1. The lowest BCUT2D eigenvalue weighted by molar-refractivity contribution is 0.0596. The summed E-state index contributed by atoms with van der Waals surface area (Å²) in [6.07, 6.45) is 0.705. The van der Waals surface area contributed by atoms with Gasteiger partial charge in [-0.2, -0.15) is 0 Å². The van der Waals surface area contributed by atoms with Crippen LogP contribution in [0.4, 0.5) is 5.69 Å². The lowest BCUT2D eigenvalue weighted by Gasteiger charge is -2.10. The van der Waals surface area contributed by atoms with E-state index < -0.39 is 5.97 Å². The van der Waals surface area contributed by atoms with Crippen LogP contribution in [0.25, 0.3) is 0 Å². The molecule has 16 heavy (non-hydrogen) atoms. The Bertz CT molecular complexity index is 368. The molecule has 0 atom stereocenters. The molecule has 1 aromatic rings. The van der Waals surface area contributed by atoms with E-state index in [-0.39, 0.29) is 0 Å². The number of carbonyl (C=O) groups is 1. The average Bonchev–Trinajstić information content (AvgIpc) is 2.29. The van der Waals surface area contributed by atoms with E-state index in [0.717, 1.165) is 0 Å². The van der Waals surface area contributed by atoms with E-state index >= 15 is 0 Å². The van der Waals surface area contributed by atoms with Gasteiger partial charge >= 0.3 is 5.97 Å². The van der Waals surface area contributed by atoms with Crippen molar-refractivity contribution in [3.8, 4) is 5.75 Å². The molecule has 1 aromatic carbocycles. The van der Waals surface area contributed by atoms with Crippen molar-refractivity contribution in [1.82, 2.24) is 0 Å². The van der Waals surface area contributed by atoms with Crippen LogP contribution in [-0.2, 0) is 4.74 Å². The fraction of sp³-hybridized carbons (Fsp3) is 0.364. The van der Waals surface area contributed by atoms with Gasteiger partial charge in [-0.05, 0) is 18.6 Å². The number of carbonyl (C=O) groups excluding carboxylic acids is 1. The molecule has 0 aliphatic rings. The number of rotatable bonds is 5. The maximum atomic E-state index is 11.4. The zero-order chi connectivity index (χ0) is 12.0. The average molecular weight is 244 g/mol. The standard InChI is InChI=1S/C11H14ClNO3/c1-15-11(14)9-4-3-8(13)7-10(9)16-6-2-5-12/h3-4,7H,2,5-6,13H2,1H3. The number of hydrogen-bond acceptors (Lipinski definition) is 4. The molecule has 2 N–H and O–H groups in total. The zero-order valence-corrected chi connectivity index (χ0v) is 9.79. The van der Waals surface area contributed by atoms with Gasteiger partial charge in [0.1, 0.15) is 11.3 Å². The first-order chi connectivity index (χ1) is 7.69. The Morgan fingerprint density at radius 2 is 2.25 bits per heavy atom. The van der Waals surface area contributed by atoms with Gasteiger partial charge in [0.05, 0.1) is 13.7 Å². The number of halogens is 1. The molecule has 0 bridgehead atoms. The third-order valence-electron chi connectivity index (χ3n) is 1.95. The number of hydrogen-bond donors (Lipinski definition) is 1. The minimum absolute atomic E-state index is 0.367. The van der Waals surface area contributed by atoms with Crippen molar-refractivity contribution >= 4 is 23.3 Å². The molecular formula is C11H14ClNO3. The van der Waals surface area contributed by atoms with Crippen LogP contribution < -0.4 is 10.5 Å². The Labute approximate surface area is 99.3 Å². The van der Waals surface area contributed by atoms with Crippen LogP contribution in [0.15, 0.2) is 18.2 Å². The van der Waals surface area contributed by atoms with Gasteiger partial charge in [0.2, 0.25) is 0 Å². The van der Waals surface area contributed by atoms with E-state index in [1.807, 2.05) is 0 Å². The number of ether oxygens (including phenoxy) is 2. The lowest BCUT2D eigenvalue weighted by Crippen LogP contribution is -2.07. The fourth-order valence-corrected chi connectivity index (χ4v) is 1.28. The third kappa shape index (κ3) is 3.31. The van der Waals surface area contributed by atoms with Gasteiger partial charge in [-0.3, -0.25) is 0 Å². The van der Waals surface area contributed by atoms with Gasteiger partial charge in [-0.15, -0.1) is 11.6 Å². The van der Waals surface area contributed by atoms with Gasteiger partial charge in [0.15, 0.2) is 0 Å². The van der Waals surface area contributed by atoms with Crippen LogP contribution in [0.3, 0.4) is 0 Å². The molecular weight excluding hydrogens is 230 g/mol. The lowest BCUT2D eigenvalue weighted by atomic mass is 10.2. The molecule has 0 saturated carbocycles. The quantitative estimate of drug-likeness (QED) is 0.372. The van der Waals surface area contributed by atoms with Crippen LogP contribution in [-0.4, -0.2) is 25.6 Å². The van der Waals surface area contributed by atoms with Crippen molar-refractivity contribution < 1.29 is 14.3 Å². The van der Waals surface area contributed by atoms with Crippen molar-refractivity contribution in [2.24, 2.45) is 0 Å². The van der Waals surface area contributed by atoms with Crippen LogP contribution >= 0.6 is 11.6 Å². The minimum atomic E-state index is -0.444. The monoisotopic (exact) mass is 243 g/mol. The summed E-state index contributed by atoms with van der Waals surface area (Å²) in [6.45, 7) is 0.441. The van der Waals surface area contributed by atoms with Crippen LogP contribution in [0.2, 0.25) is 0 Å². The van der Waals surface area contributed by atoms with Gasteiger partial charge in [0.25, 0.3) is 0 Å². The Morgan fingerprint density at radius 3 is 2.88 bits per heavy atom. The van der Waals surface area contributed by atoms with Crippen molar-refractivity contribution in [3.63, 3.8) is 0 Å². The molecule has 5 heteroatoms.